The number of hydrogen-bond donors (Lipinski definition) is 0. The van der Waals surface area contributed by atoms with Gasteiger partial charge in [0.1, 0.15) is 5.78 Å². The average molecular weight is 718 g/mol. The molecule has 3 saturated carbocycles. The fraction of sp³-hybridized carbons (Fsp3) is 0.568. The Balaban J connectivity index is 0.000000236. The molecule has 0 aromatic heterocycles. The average Bonchev–Trinajstić information content (AvgIpc) is 3.57. The van der Waals surface area contributed by atoms with E-state index in [1.54, 1.807) is 16.4 Å². The molecule has 4 nitrogen and oxygen atoms in total. The third-order valence-corrected chi connectivity index (χ3v) is 15.2. The van der Waals surface area contributed by atoms with Crippen LogP contribution in [0.5, 0.6) is 0 Å². The lowest BCUT2D eigenvalue weighted by molar-refractivity contribution is -0.120. The third-order valence-electron chi connectivity index (χ3n) is 13.3. The second kappa shape index (κ2) is 16.0. The van der Waals surface area contributed by atoms with Crippen LogP contribution in [0.15, 0.2) is 77.7 Å². The van der Waals surface area contributed by atoms with Crippen LogP contribution in [0.1, 0.15) is 134 Å². The first-order valence-electron chi connectivity index (χ1n) is 18.9. The SMILES string of the molecule is CCCCC[C@H](C)c1ccc([C@H]2CCC(=O)[C@@H]2C)cc1.Cc1cc(C)cc(N(C2C3CCC(C)(C2C)C3(C)C)S(=O)(=O)c2ccccc2)c1.S. The number of ketones is 1. The van der Waals surface area contributed by atoms with Gasteiger partial charge in [-0.3, -0.25) is 9.10 Å². The Morgan fingerprint density at radius 3 is 2.02 bits per heavy atom. The molecule has 2 bridgehead atoms. The molecule has 4 unspecified atom stereocenters. The second-order valence-electron chi connectivity index (χ2n) is 16.5. The Morgan fingerprint density at radius 2 is 1.50 bits per heavy atom. The fourth-order valence-corrected chi connectivity index (χ4v) is 11.5. The van der Waals surface area contributed by atoms with Crippen molar-refractivity contribution in [2.45, 2.75) is 136 Å². The summed E-state index contributed by atoms with van der Waals surface area (Å²) in [6, 6.07) is 24.1. The number of nitrogens with zero attached hydrogens (tertiary/aromatic N) is 1. The number of fused-ring (bicyclic) bond motifs is 2. The second-order valence-corrected chi connectivity index (χ2v) is 18.3. The van der Waals surface area contributed by atoms with Crippen LogP contribution in [0.2, 0.25) is 0 Å². The van der Waals surface area contributed by atoms with Crippen LogP contribution in [0.3, 0.4) is 0 Å². The summed E-state index contributed by atoms with van der Waals surface area (Å²) in [7, 11) is -3.67. The minimum Gasteiger partial charge on any atom is -0.299 e. The highest BCUT2D eigenvalue weighted by atomic mass is 32.2. The normalized spacial score (nSPS) is 27.3. The number of aryl methyl sites for hydroxylation is 2. The third kappa shape index (κ3) is 7.63. The number of anilines is 1. The highest BCUT2D eigenvalue weighted by Gasteiger charge is 2.66. The molecule has 6 heteroatoms. The van der Waals surface area contributed by atoms with E-state index in [0.717, 1.165) is 36.1 Å². The van der Waals surface area contributed by atoms with E-state index < -0.39 is 10.0 Å². The first-order valence-corrected chi connectivity index (χ1v) is 20.4. The predicted molar refractivity (Wildman–Crippen MR) is 215 cm³/mol. The highest BCUT2D eigenvalue weighted by molar-refractivity contribution is 7.92. The number of carbonyl (C=O) groups is 1. The van der Waals surface area contributed by atoms with Gasteiger partial charge in [0.05, 0.1) is 16.6 Å². The molecule has 3 aliphatic rings. The summed E-state index contributed by atoms with van der Waals surface area (Å²) in [5.41, 5.74) is 6.04. The molecule has 3 aromatic carbocycles. The zero-order valence-corrected chi connectivity index (χ0v) is 33.9. The lowest BCUT2D eigenvalue weighted by Crippen LogP contribution is -2.48. The number of unbranched alkanes of at least 4 members (excludes halogenated alkanes) is 2. The molecule has 50 heavy (non-hydrogen) atoms. The maximum absolute atomic E-state index is 14.0. The summed E-state index contributed by atoms with van der Waals surface area (Å²) >= 11 is 0. The molecule has 0 heterocycles. The van der Waals surface area contributed by atoms with Crippen molar-refractivity contribution < 1.29 is 13.2 Å². The molecule has 3 aliphatic carbocycles. The van der Waals surface area contributed by atoms with Gasteiger partial charge in [-0.15, -0.1) is 0 Å². The molecule has 7 atom stereocenters. The van der Waals surface area contributed by atoms with Gasteiger partial charge in [0, 0.05) is 12.3 Å². The molecule has 6 rings (SSSR count). The van der Waals surface area contributed by atoms with Crippen LogP contribution in [-0.4, -0.2) is 20.2 Å². The standard InChI is InChI=1S/C25H33NO2S.C19H28O.H2S/c1-17-14-18(2)16-20(15-17)26(29(27,28)21-10-8-7-9-11-21)23-19(3)25(6)13-12-22(23)24(25,4)5;1-4-5-6-7-14(2)16-8-10-17(11-9-16)18-12-13-19(20)15(18)3;/h7-11,14-16,19,22-23H,12-13H2,1-6H3;8-11,14-15,18H,4-7,12-13H2,1-3H3;1H2/t;14-,15+,18-;/m.0./s1. The van der Waals surface area contributed by atoms with E-state index in [1.165, 1.54) is 43.2 Å². The summed E-state index contributed by atoms with van der Waals surface area (Å²) in [6.45, 7) is 20.1. The molecule has 0 aliphatic heterocycles. The maximum Gasteiger partial charge on any atom is 0.264 e. The molecule has 0 saturated heterocycles. The van der Waals surface area contributed by atoms with Gasteiger partial charge in [-0.1, -0.05) is 116 Å². The van der Waals surface area contributed by atoms with Crippen LogP contribution in [0.25, 0.3) is 0 Å². The Morgan fingerprint density at radius 1 is 0.880 bits per heavy atom. The number of Topliss-reactive ketones (excluding diaryl/α,β-unsaturated/α-hetero) is 1. The molecule has 0 radical (unpaired) electrons. The summed E-state index contributed by atoms with van der Waals surface area (Å²) in [4.78, 5) is 12.1. The smallest absolute Gasteiger partial charge is 0.264 e. The van der Waals surface area contributed by atoms with Crippen LogP contribution in [0.4, 0.5) is 5.69 Å². The fourth-order valence-electron chi connectivity index (χ4n) is 9.72. The van der Waals surface area contributed by atoms with E-state index >= 15 is 0 Å². The zero-order chi connectivity index (χ0) is 35.7. The van der Waals surface area contributed by atoms with Gasteiger partial charge in [-0.25, -0.2) is 8.42 Å². The number of hydrogen-bond acceptors (Lipinski definition) is 3. The van der Waals surface area contributed by atoms with Crippen molar-refractivity contribution in [2.75, 3.05) is 4.31 Å². The molecule has 3 aromatic rings. The lowest BCUT2D eigenvalue weighted by atomic mass is 9.67. The van der Waals surface area contributed by atoms with E-state index in [9.17, 15) is 13.2 Å². The molecule has 3 fully saturated rings. The number of carbonyl (C=O) groups excluding carboxylic acids is 1. The number of rotatable bonds is 10. The van der Waals surface area contributed by atoms with Crippen molar-refractivity contribution in [1.29, 1.82) is 0 Å². The maximum atomic E-state index is 14.0. The van der Waals surface area contributed by atoms with Gasteiger partial charge in [0.15, 0.2) is 0 Å². The first-order chi connectivity index (χ1) is 23.1. The van der Waals surface area contributed by atoms with Gasteiger partial charge in [-0.05, 0) is 121 Å². The van der Waals surface area contributed by atoms with Crippen LogP contribution in [-0.2, 0) is 14.8 Å². The molecule has 274 valence electrons. The highest BCUT2D eigenvalue weighted by Crippen LogP contribution is 2.69. The summed E-state index contributed by atoms with van der Waals surface area (Å²) in [5.74, 6) is 2.39. The predicted octanol–water partition coefficient (Wildman–Crippen LogP) is 11.5. The van der Waals surface area contributed by atoms with Crippen LogP contribution < -0.4 is 4.31 Å². The van der Waals surface area contributed by atoms with Crippen molar-refractivity contribution in [3.05, 3.63) is 95.1 Å². The van der Waals surface area contributed by atoms with E-state index in [0.29, 0.717) is 28.4 Å². The number of benzene rings is 3. The van der Waals surface area contributed by atoms with Crippen molar-refractivity contribution in [3.8, 4) is 0 Å². The Bertz CT molecular complexity index is 1680. The van der Waals surface area contributed by atoms with E-state index in [4.69, 9.17) is 0 Å². The summed E-state index contributed by atoms with van der Waals surface area (Å²) in [6.07, 6.45) is 9.30. The molecule has 0 spiro atoms. The molecule has 0 amide bonds. The topological polar surface area (TPSA) is 54.5 Å². The van der Waals surface area contributed by atoms with Crippen LogP contribution >= 0.6 is 13.5 Å². The van der Waals surface area contributed by atoms with Crippen LogP contribution in [0, 0.1) is 42.4 Å². The van der Waals surface area contributed by atoms with Crippen molar-refractivity contribution in [3.63, 3.8) is 0 Å². The Hall–Kier alpha value is -2.57. The molecule has 0 N–H and O–H groups in total. The summed E-state index contributed by atoms with van der Waals surface area (Å²) in [5, 5.41) is 0. The minimum atomic E-state index is -3.67. The zero-order valence-electron chi connectivity index (χ0n) is 32.1. The molecular weight excluding hydrogens is 655 g/mol. The van der Waals surface area contributed by atoms with Gasteiger partial charge < -0.3 is 0 Å². The van der Waals surface area contributed by atoms with Crippen molar-refractivity contribution in [1.82, 2.24) is 0 Å². The largest absolute Gasteiger partial charge is 0.299 e. The van der Waals surface area contributed by atoms with Crippen molar-refractivity contribution in [2.24, 2.45) is 28.6 Å². The first kappa shape index (κ1) is 40.2. The van der Waals surface area contributed by atoms with E-state index in [2.05, 4.69) is 78.8 Å². The monoisotopic (exact) mass is 717 g/mol. The minimum absolute atomic E-state index is 0. The lowest BCUT2D eigenvalue weighted by Gasteiger charge is -2.42. The van der Waals surface area contributed by atoms with Crippen molar-refractivity contribution >= 4 is 35.0 Å². The Kier molecular flexibility index (Phi) is 12.9. The Labute approximate surface area is 311 Å². The quantitative estimate of drug-likeness (QED) is 0.196. The van der Waals surface area contributed by atoms with E-state index in [-0.39, 0.29) is 42.2 Å². The molecular formula is C44H63NO3S2. The van der Waals surface area contributed by atoms with Gasteiger partial charge in [0.25, 0.3) is 10.0 Å². The van der Waals surface area contributed by atoms with Gasteiger partial charge in [0.2, 0.25) is 0 Å². The van der Waals surface area contributed by atoms with Gasteiger partial charge >= 0.3 is 0 Å². The summed E-state index contributed by atoms with van der Waals surface area (Å²) < 4.78 is 29.8. The van der Waals surface area contributed by atoms with Gasteiger partial charge in [-0.2, -0.15) is 13.5 Å². The van der Waals surface area contributed by atoms with E-state index in [1.807, 2.05) is 44.2 Å². The number of sulfonamides is 1.